The van der Waals surface area contributed by atoms with Gasteiger partial charge in [0.1, 0.15) is 0 Å². The first-order valence-corrected chi connectivity index (χ1v) is 12.6. The van der Waals surface area contributed by atoms with E-state index in [1.165, 1.54) is 5.56 Å². The Morgan fingerprint density at radius 1 is 0.684 bits per heavy atom. The lowest BCUT2D eigenvalue weighted by atomic mass is 10.0. The summed E-state index contributed by atoms with van der Waals surface area (Å²) >= 11 is 0. The molecule has 4 rings (SSSR count). The van der Waals surface area contributed by atoms with Gasteiger partial charge in [0, 0.05) is 51.4 Å². The highest BCUT2D eigenvalue weighted by atomic mass is 19.4. The lowest BCUT2D eigenvalue weighted by Gasteiger charge is -2.42. The third-order valence-corrected chi connectivity index (χ3v) is 7.12. The Labute approximate surface area is 219 Å². The van der Waals surface area contributed by atoms with Crippen LogP contribution in [-0.2, 0) is 18.9 Å². The summed E-state index contributed by atoms with van der Waals surface area (Å²) in [4.78, 5) is 4.74. The summed E-state index contributed by atoms with van der Waals surface area (Å²) in [5.74, 6) is 0. The Morgan fingerprint density at radius 3 is 1.66 bits per heavy atom. The monoisotopic (exact) mass is 535 g/mol. The van der Waals surface area contributed by atoms with Crippen LogP contribution in [0.1, 0.15) is 46.8 Å². The summed E-state index contributed by atoms with van der Waals surface area (Å²) in [6, 6.07) is 22.0. The van der Waals surface area contributed by atoms with Crippen LogP contribution in [0.4, 0.5) is 26.3 Å². The molecule has 1 fully saturated rings. The van der Waals surface area contributed by atoms with Crippen LogP contribution in [0, 0.1) is 0 Å². The van der Waals surface area contributed by atoms with Gasteiger partial charge in [-0.15, -0.1) is 0 Å². The molecule has 0 radical (unpaired) electrons. The molecule has 9 heteroatoms. The SMILES string of the molecule is CC(c1ccccc1)N1CCN(C(CNCc2cc(C(F)(F)F)cc(C(F)(F)F)c2)c2ccccc2)CC1. The van der Waals surface area contributed by atoms with E-state index in [4.69, 9.17) is 0 Å². The average Bonchev–Trinajstić information content (AvgIpc) is 2.91. The van der Waals surface area contributed by atoms with Gasteiger partial charge >= 0.3 is 12.4 Å². The minimum absolute atomic E-state index is 0.0551. The molecule has 3 nitrogen and oxygen atoms in total. The van der Waals surface area contributed by atoms with E-state index >= 15 is 0 Å². The maximum Gasteiger partial charge on any atom is 0.416 e. The van der Waals surface area contributed by atoms with Gasteiger partial charge in [0.2, 0.25) is 0 Å². The van der Waals surface area contributed by atoms with E-state index in [0.717, 1.165) is 43.9 Å². The van der Waals surface area contributed by atoms with Gasteiger partial charge in [0.05, 0.1) is 11.1 Å². The number of alkyl halides is 6. The number of piperazine rings is 1. The molecule has 204 valence electrons. The molecule has 1 heterocycles. The zero-order chi connectivity index (χ0) is 27.3. The van der Waals surface area contributed by atoms with Crippen LogP contribution in [0.5, 0.6) is 0 Å². The second-order valence-corrected chi connectivity index (χ2v) is 9.63. The Kier molecular flexibility index (Phi) is 8.80. The van der Waals surface area contributed by atoms with Crippen molar-refractivity contribution < 1.29 is 26.3 Å². The van der Waals surface area contributed by atoms with Gasteiger partial charge in [-0.2, -0.15) is 26.3 Å². The third-order valence-electron chi connectivity index (χ3n) is 7.12. The zero-order valence-electron chi connectivity index (χ0n) is 21.1. The maximum absolute atomic E-state index is 13.2. The summed E-state index contributed by atoms with van der Waals surface area (Å²) in [5, 5.41) is 3.12. The summed E-state index contributed by atoms with van der Waals surface area (Å²) in [6.45, 7) is 5.74. The van der Waals surface area contributed by atoms with Crippen LogP contribution in [-0.4, -0.2) is 42.5 Å². The van der Waals surface area contributed by atoms with Crippen LogP contribution < -0.4 is 5.32 Å². The van der Waals surface area contributed by atoms with Crippen molar-refractivity contribution in [2.45, 2.75) is 37.9 Å². The van der Waals surface area contributed by atoms with Gasteiger partial charge < -0.3 is 5.32 Å². The Hall–Kier alpha value is -2.88. The summed E-state index contributed by atoms with van der Waals surface area (Å²) < 4.78 is 79.5. The first-order chi connectivity index (χ1) is 18.0. The number of nitrogens with zero attached hydrogens (tertiary/aromatic N) is 2. The van der Waals surface area contributed by atoms with E-state index < -0.39 is 23.5 Å². The molecular weight excluding hydrogens is 504 g/mol. The van der Waals surface area contributed by atoms with Crippen molar-refractivity contribution >= 4 is 0 Å². The largest absolute Gasteiger partial charge is 0.416 e. The molecule has 0 bridgehead atoms. The predicted octanol–water partition coefficient (Wildman–Crippen LogP) is 6.93. The second kappa shape index (κ2) is 11.9. The van der Waals surface area contributed by atoms with Crippen molar-refractivity contribution in [3.8, 4) is 0 Å². The molecule has 0 spiro atoms. The molecule has 0 aromatic heterocycles. The van der Waals surface area contributed by atoms with Gasteiger partial charge in [-0.1, -0.05) is 60.7 Å². The Balaban J connectivity index is 1.45. The van der Waals surface area contributed by atoms with E-state index in [-0.39, 0.29) is 30.3 Å². The van der Waals surface area contributed by atoms with Crippen molar-refractivity contribution in [3.05, 3.63) is 107 Å². The fraction of sp³-hybridized carbons (Fsp3) is 0.379. The molecule has 1 aliphatic heterocycles. The predicted molar refractivity (Wildman–Crippen MR) is 135 cm³/mol. The normalized spacial score (nSPS) is 17.3. The molecule has 3 aromatic rings. The first-order valence-electron chi connectivity index (χ1n) is 12.6. The fourth-order valence-corrected chi connectivity index (χ4v) is 4.99. The van der Waals surface area contributed by atoms with Crippen molar-refractivity contribution in [2.24, 2.45) is 0 Å². The number of rotatable bonds is 8. The quantitative estimate of drug-likeness (QED) is 0.316. The van der Waals surface area contributed by atoms with Gasteiger partial charge in [-0.25, -0.2) is 0 Å². The second-order valence-electron chi connectivity index (χ2n) is 9.63. The minimum Gasteiger partial charge on any atom is -0.311 e. The van der Waals surface area contributed by atoms with E-state index in [9.17, 15) is 26.3 Å². The number of nitrogens with one attached hydrogen (secondary N) is 1. The highest BCUT2D eigenvalue weighted by molar-refractivity contribution is 5.33. The summed E-state index contributed by atoms with van der Waals surface area (Å²) in [7, 11) is 0. The van der Waals surface area contributed by atoms with Gasteiger partial charge in [-0.3, -0.25) is 9.80 Å². The molecule has 1 aliphatic rings. The summed E-state index contributed by atoms with van der Waals surface area (Å²) in [6.07, 6.45) is -9.72. The van der Waals surface area contributed by atoms with Gasteiger partial charge in [-0.05, 0) is 41.8 Å². The Bertz CT molecular complexity index is 1120. The smallest absolute Gasteiger partial charge is 0.311 e. The topological polar surface area (TPSA) is 18.5 Å². The molecule has 0 saturated carbocycles. The van der Waals surface area contributed by atoms with Crippen molar-refractivity contribution in [2.75, 3.05) is 32.7 Å². The number of benzene rings is 3. The molecule has 1 saturated heterocycles. The molecule has 2 atom stereocenters. The van der Waals surface area contributed by atoms with Crippen LogP contribution in [0.2, 0.25) is 0 Å². The van der Waals surface area contributed by atoms with E-state index in [2.05, 4.69) is 34.2 Å². The maximum atomic E-state index is 13.2. The highest BCUT2D eigenvalue weighted by Crippen LogP contribution is 2.36. The van der Waals surface area contributed by atoms with E-state index in [1.807, 2.05) is 48.5 Å². The van der Waals surface area contributed by atoms with Crippen LogP contribution in [0.15, 0.2) is 78.9 Å². The van der Waals surface area contributed by atoms with E-state index in [1.54, 1.807) is 0 Å². The lowest BCUT2D eigenvalue weighted by Crippen LogP contribution is -2.49. The average molecular weight is 536 g/mol. The molecule has 3 aromatic carbocycles. The summed E-state index contributed by atoms with van der Waals surface area (Å²) in [5.41, 5.74) is -0.355. The third kappa shape index (κ3) is 7.15. The fourth-order valence-electron chi connectivity index (χ4n) is 4.99. The van der Waals surface area contributed by atoms with Gasteiger partial charge in [0.25, 0.3) is 0 Å². The molecular formula is C29H31F6N3. The minimum atomic E-state index is -4.86. The van der Waals surface area contributed by atoms with Crippen LogP contribution in [0.25, 0.3) is 0 Å². The van der Waals surface area contributed by atoms with Gasteiger partial charge in [0.15, 0.2) is 0 Å². The Morgan fingerprint density at radius 2 is 1.16 bits per heavy atom. The van der Waals surface area contributed by atoms with Crippen molar-refractivity contribution in [1.82, 2.24) is 15.1 Å². The molecule has 0 aliphatic carbocycles. The first kappa shape index (κ1) is 28.1. The molecule has 2 unspecified atom stereocenters. The van der Waals surface area contributed by atoms with Crippen LogP contribution in [0.3, 0.4) is 0 Å². The number of hydrogen-bond donors (Lipinski definition) is 1. The zero-order valence-corrected chi connectivity index (χ0v) is 21.1. The molecule has 38 heavy (non-hydrogen) atoms. The highest BCUT2D eigenvalue weighted by Gasteiger charge is 2.37. The molecule has 1 N–H and O–H groups in total. The van der Waals surface area contributed by atoms with Crippen molar-refractivity contribution in [1.29, 1.82) is 0 Å². The van der Waals surface area contributed by atoms with Crippen LogP contribution >= 0.6 is 0 Å². The van der Waals surface area contributed by atoms with E-state index in [0.29, 0.717) is 6.54 Å². The lowest BCUT2D eigenvalue weighted by molar-refractivity contribution is -0.143. The number of halogens is 6. The number of hydrogen-bond acceptors (Lipinski definition) is 3. The molecule has 0 amide bonds. The standard InChI is InChI=1S/C29H31F6N3/c1-21(23-8-4-2-5-9-23)37-12-14-38(15-13-37)27(24-10-6-3-7-11-24)20-36-19-22-16-25(28(30,31)32)18-26(17-22)29(33,34)35/h2-11,16-18,21,27,36H,12-15,19-20H2,1H3. The van der Waals surface area contributed by atoms with Crippen molar-refractivity contribution in [3.63, 3.8) is 0 Å².